The second-order valence-corrected chi connectivity index (χ2v) is 5.27. The van der Waals surface area contributed by atoms with Gasteiger partial charge in [-0.1, -0.05) is 12.1 Å². The average molecular weight is 290 g/mol. The van der Waals surface area contributed by atoms with Crippen molar-refractivity contribution in [3.05, 3.63) is 29.8 Å². The Morgan fingerprint density at radius 3 is 2.86 bits per heavy atom. The maximum Gasteiger partial charge on any atom is 0.217 e. The predicted molar refractivity (Wildman–Crippen MR) is 80.6 cm³/mol. The van der Waals surface area contributed by atoms with E-state index in [1.807, 2.05) is 25.1 Å². The van der Waals surface area contributed by atoms with E-state index in [-0.39, 0.29) is 17.7 Å². The Kier molecular flexibility index (Phi) is 5.33. The molecule has 1 saturated heterocycles. The third-order valence-electron chi connectivity index (χ3n) is 3.53. The van der Waals surface area contributed by atoms with Gasteiger partial charge in [-0.25, -0.2) is 0 Å². The van der Waals surface area contributed by atoms with Gasteiger partial charge in [0.25, 0.3) is 0 Å². The van der Waals surface area contributed by atoms with E-state index in [4.69, 9.17) is 4.74 Å². The topological polar surface area (TPSA) is 58.6 Å². The minimum atomic E-state index is -0.0186. The van der Waals surface area contributed by atoms with Gasteiger partial charge in [0.1, 0.15) is 5.75 Å². The molecule has 21 heavy (non-hydrogen) atoms. The van der Waals surface area contributed by atoms with Crippen LogP contribution < -0.4 is 10.1 Å². The number of carbonyl (C=O) groups is 2. The van der Waals surface area contributed by atoms with Gasteiger partial charge in [-0.15, -0.1) is 0 Å². The van der Waals surface area contributed by atoms with Crippen LogP contribution in [0.15, 0.2) is 24.3 Å². The number of ether oxygens (including phenoxy) is 1. The molecule has 1 heterocycles. The lowest BCUT2D eigenvalue weighted by Crippen LogP contribution is -2.36. The quantitative estimate of drug-likeness (QED) is 0.806. The standard InChI is InChI=1S/C16H22N2O3/c1-3-21-16-7-5-4-6-14(16)15(20)11-18-9-8-13(10-18)17-12(2)19/h4-7,13H,3,8-11H2,1-2H3,(H,17,19). The molecule has 1 aliphatic heterocycles. The van der Waals surface area contributed by atoms with Gasteiger partial charge in [-0.2, -0.15) is 0 Å². The molecule has 5 nitrogen and oxygen atoms in total. The summed E-state index contributed by atoms with van der Waals surface area (Å²) in [6.07, 6.45) is 0.889. The number of benzene rings is 1. The molecule has 5 heteroatoms. The molecule has 1 aromatic carbocycles. The van der Waals surface area contributed by atoms with Gasteiger partial charge in [0.05, 0.1) is 18.7 Å². The number of ketones is 1. The molecule has 0 radical (unpaired) electrons. The molecule has 1 fully saturated rings. The van der Waals surface area contributed by atoms with Gasteiger partial charge in [0.15, 0.2) is 5.78 Å². The van der Waals surface area contributed by atoms with Crippen LogP contribution in [0.4, 0.5) is 0 Å². The Morgan fingerprint density at radius 2 is 2.14 bits per heavy atom. The summed E-state index contributed by atoms with van der Waals surface area (Å²) in [7, 11) is 0. The number of Topliss-reactive ketones (excluding diaryl/α,β-unsaturated/α-hetero) is 1. The van der Waals surface area contributed by atoms with Crippen molar-refractivity contribution in [2.75, 3.05) is 26.2 Å². The van der Waals surface area contributed by atoms with Gasteiger partial charge in [-0.05, 0) is 25.5 Å². The third-order valence-corrected chi connectivity index (χ3v) is 3.53. The average Bonchev–Trinajstić information content (AvgIpc) is 2.86. The highest BCUT2D eigenvalue weighted by molar-refractivity contribution is 6.00. The van der Waals surface area contributed by atoms with Crippen LogP contribution in [0.2, 0.25) is 0 Å². The van der Waals surface area contributed by atoms with Crippen LogP contribution in [0.25, 0.3) is 0 Å². The second-order valence-electron chi connectivity index (χ2n) is 5.27. The van der Waals surface area contributed by atoms with Crippen LogP contribution in [0.3, 0.4) is 0 Å². The van der Waals surface area contributed by atoms with Crippen LogP contribution in [-0.2, 0) is 4.79 Å². The van der Waals surface area contributed by atoms with Crippen LogP contribution in [0.1, 0.15) is 30.6 Å². The number of carbonyl (C=O) groups excluding carboxylic acids is 2. The Labute approximate surface area is 125 Å². The van der Waals surface area contributed by atoms with E-state index in [1.54, 1.807) is 6.07 Å². The first-order chi connectivity index (χ1) is 10.1. The fourth-order valence-electron chi connectivity index (χ4n) is 2.65. The van der Waals surface area contributed by atoms with E-state index in [0.717, 1.165) is 19.5 Å². The van der Waals surface area contributed by atoms with Crippen molar-refractivity contribution in [1.82, 2.24) is 10.2 Å². The number of hydrogen-bond donors (Lipinski definition) is 1. The largest absolute Gasteiger partial charge is 0.493 e. The van der Waals surface area contributed by atoms with Gasteiger partial charge in [-0.3, -0.25) is 14.5 Å². The highest BCUT2D eigenvalue weighted by Gasteiger charge is 2.25. The SMILES string of the molecule is CCOc1ccccc1C(=O)CN1CCC(NC(C)=O)C1. The first kappa shape index (κ1) is 15.5. The van der Waals surface area contributed by atoms with Crippen LogP contribution in [0.5, 0.6) is 5.75 Å². The summed E-state index contributed by atoms with van der Waals surface area (Å²) in [6.45, 7) is 5.88. The lowest BCUT2D eigenvalue weighted by atomic mass is 10.1. The molecule has 114 valence electrons. The smallest absolute Gasteiger partial charge is 0.217 e. The van der Waals surface area contributed by atoms with Crippen LogP contribution in [0, 0.1) is 0 Å². The van der Waals surface area contributed by atoms with Crippen molar-refractivity contribution in [3.63, 3.8) is 0 Å². The molecule has 1 aliphatic rings. The summed E-state index contributed by atoms with van der Waals surface area (Å²) < 4.78 is 5.50. The fourth-order valence-corrected chi connectivity index (χ4v) is 2.65. The minimum Gasteiger partial charge on any atom is -0.493 e. The third kappa shape index (κ3) is 4.29. The summed E-state index contributed by atoms with van der Waals surface area (Å²) in [5.74, 6) is 0.681. The summed E-state index contributed by atoms with van der Waals surface area (Å²) in [5, 5.41) is 2.90. The van der Waals surface area contributed by atoms with Gasteiger partial charge in [0, 0.05) is 26.1 Å². The zero-order valence-electron chi connectivity index (χ0n) is 12.6. The normalized spacial score (nSPS) is 18.5. The predicted octanol–water partition coefficient (Wildman–Crippen LogP) is 1.48. The first-order valence-electron chi connectivity index (χ1n) is 7.34. The lowest BCUT2D eigenvalue weighted by Gasteiger charge is -2.16. The van der Waals surface area contributed by atoms with E-state index in [9.17, 15) is 9.59 Å². The Bertz CT molecular complexity index is 516. The van der Waals surface area contributed by atoms with E-state index >= 15 is 0 Å². The number of para-hydroxylation sites is 1. The second kappa shape index (κ2) is 7.22. The molecular weight excluding hydrogens is 268 g/mol. The first-order valence-corrected chi connectivity index (χ1v) is 7.34. The van der Waals surface area contributed by atoms with E-state index in [2.05, 4.69) is 10.2 Å². The maximum absolute atomic E-state index is 12.4. The van der Waals surface area contributed by atoms with Gasteiger partial charge in [0.2, 0.25) is 5.91 Å². The van der Waals surface area contributed by atoms with Crippen molar-refractivity contribution in [2.24, 2.45) is 0 Å². The maximum atomic E-state index is 12.4. The molecule has 1 unspecified atom stereocenters. The van der Waals surface area contributed by atoms with Crippen molar-refractivity contribution in [1.29, 1.82) is 0 Å². The number of likely N-dealkylation sites (tertiary alicyclic amines) is 1. The fraction of sp³-hybridized carbons (Fsp3) is 0.500. The zero-order chi connectivity index (χ0) is 15.2. The summed E-state index contributed by atoms with van der Waals surface area (Å²) in [6, 6.07) is 7.48. The van der Waals surface area contributed by atoms with Gasteiger partial charge >= 0.3 is 0 Å². The number of nitrogens with zero attached hydrogens (tertiary/aromatic N) is 1. The molecule has 0 saturated carbocycles. The van der Waals surface area contributed by atoms with Crippen LogP contribution >= 0.6 is 0 Å². The molecule has 0 aromatic heterocycles. The number of hydrogen-bond acceptors (Lipinski definition) is 4. The molecule has 1 amide bonds. The Hall–Kier alpha value is -1.88. The molecule has 0 bridgehead atoms. The molecular formula is C16H22N2O3. The highest BCUT2D eigenvalue weighted by atomic mass is 16.5. The monoisotopic (exact) mass is 290 g/mol. The molecule has 1 aromatic rings. The molecule has 0 aliphatic carbocycles. The Balaban J connectivity index is 1.95. The highest BCUT2D eigenvalue weighted by Crippen LogP contribution is 2.20. The van der Waals surface area contributed by atoms with Crippen molar-refractivity contribution in [2.45, 2.75) is 26.3 Å². The molecule has 1 atom stereocenters. The van der Waals surface area contributed by atoms with E-state index in [1.165, 1.54) is 6.92 Å². The van der Waals surface area contributed by atoms with Crippen molar-refractivity contribution < 1.29 is 14.3 Å². The summed E-state index contributed by atoms with van der Waals surface area (Å²) in [5.41, 5.74) is 0.627. The van der Waals surface area contributed by atoms with Gasteiger partial charge < -0.3 is 10.1 Å². The van der Waals surface area contributed by atoms with Crippen molar-refractivity contribution in [3.8, 4) is 5.75 Å². The zero-order valence-corrected chi connectivity index (χ0v) is 12.6. The number of nitrogens with one attached hydrogen (secondary N) is 1. The summed E-state index contributed by atoms with van der Waals surface area (Å²) in [4.78, 5) is 25.5. The van der Waals surface area contributed by atoms with Crippen molar-refractivity contribution >= 4 is 11.7 Å². The number of amides is 1. The molecule has 0 spiro atoms. The van der Waals surface area contributed by atoms with E-state index in [0.29, 0.717) is 24.5 Å². The molecule has 2 rings (SSSR count). The number of rotatable bonds is 6. The van der Waals surface area contributed by atoms with E-state index < -0.39 is 0 Å². The summed E-state index contributed by atoms with van der Waals surface area (Å²) >= 11 is 0. The van der Waals surface area contributed by atoms with Crippen LogP contribution in [-0.4, -0.2) is 48.9 Å². The Morgan fingerprint density at radius 1 is 1.38 bits per heavy atom. The minimum absolute atomic E-state index is 0.0186. The molecule has 1 N–H and O–H groups in total. The lowest BCUT2D eigenvalue weighted by molar-refractivity contribution is -0.119.